The van der Waals surface area contributed by atoms with Crippen molar-refractivity contribution in [2.75, 3.05) is 4.90 Å². The summed E-state index contributed by atoms with van der Waals surface area (Å²) in [6, 6.07) is 23.5. The Balaban J connectivity index is 1.71. The molecule has 1 saturated heterocycles. The molecular formula is C27H26N4OS. The van der Waals surface area contributed by atoms with Gasteiger partial charge in [0.25, 0.3) is 0 Å². The van der Waals surface area contributed by atoms with Gasteiger partial charge in [-0.15, -0.1) is 0 Å². The Labute approximate surface area is 199 Å². The molecule has 2 atom stereocenters. The number of phenolic OH excluding ortho intramolecular Hbond substituents is 1. The highest BCUT2D eigenvalue weighted by Gasteiger charge is 2.43. The lowest BCUT2D eigenvalue weighted by atomic mass is 9.96. The van der Waals surface area contributed by atoms with Crippen LogP contribution in [0.1, 0.15) is 40.3 Å². The van der Waals surface area contributed by atoms with Crippen LogP contribution in [0.2, 0.25) is 0 Å². The van der Waals surface area contributed by atoms with Crippen LogP contribution in [-0.4, -0.2) is 19.8 Å². The highest BCUT2D eigenvalue weighted by Crippen LogP contribution is 2.45. The Morgan fingerprint density at radius 2 is 1.61 bits per heavy atom. The van der Waals surface area contributed by atoms with E-state index in [1.165, 1.54) is 5.56 Å². The van der Waals surface area contributed by atoms with E-state index < -0.39 is 0 Å². The fourth-order valence-electron chi connectivity index (χ4n) is 4.87. The largest absolute Gasteiger partial charge is 0.506 e. The van der Waals surface area contributed by atoms with Crippen molar-refractivity contribution < 1.29 is 5.11 Å². The fourth-order valence-corrected chi connectivity index (χ4v) is 5.21. The second kappa shape index (κ2) is 8.37. The van der Waals surface area contributed by atoms with Crippen molar-refractivity contribution in [3.63, 3.8) is 0 Å². The lowest BCUT2D eigenvalue weighted by molar-refractivity contribution is 0.472. The monoisotopic (exact) mass is 454 g/mol. The molecule has 5 nitrogen and oxygen atoms in total. The van der Waals surface area contributed by atoms with Gasteiger partial charge in [-0.25, -0.2) is 0 Å². The molecule has 0 bridgehead atoms. The van der Waals surface area contributed by atoms with E-state index in [4.69, 9.17) is 12.2 Å². The number of thiocarbonyl (C=S) groups is 1. The summed E-state index contributed by atoms with van der Waals surface area (Å²) in [5.41, 5.74) is 7.39. The van der Waals surface area contributed by atoms with E-state index in [0.717, 1.165) is 28.3 Å². The zero-order chi connectivity index (χ0) is 23.1. The Kier molecular flexibility index (Phi) is 5.38. The first-order valence-corrected chi connectivity index (χ1v) is 11.4. The summed E-state index contributed by atoms with van der Waals surface area (Å²) in [5.74, 6) is 0.195. The summed E-state index contributed by atoms with van der Waals surface area (Å²) < 4.78 is 2.30. The second-order valence-electron chi connectivity index (χ2n) is 8.43. The van der Waals surface area contributed by atoms with Gasteiger partial charge in [0.2, 0.25) is 0 Å². The molecule has 166 valence electrons. The smallest absolute Gasteiger partial charge is 0.174 e. The van der Waals surface area contributed by atoms with Crippen molar-refractivity contribution in [3.8, 4) is 11.4 Å². The van der Waals surface area contributed by atoms with Crippen LogP contribution >= 0.6 is 12.2 Å². The van der Waals surface area contributed by atoms with Gasteiger partial charge in [0.05, 0.1) is 23.5 Å². The number of hydrogen-bond donors (Lipinski definition) is 2. The minimum atomic E-state index is -0.176. The number of aromatic nitrogens is 2. The summed E-state index contributed by atoms with van der Waals surface area (Å²) in [6.45, 7) is 6.41. The number of para-hydroxylation sites is 3. The van der Waals surface area contributed by atoms with E-state index >= 15 is 0 Å². The van der Waals surface area contributed by atoms with E-state index in [1.807, 2.05) is 41.3 Å². The van der Waals surface area contributed by atoms with Crippen molar-refractivity contribution in [3.05, 3.63) is 107 Å². The third kappa shape index (κ3) is 3.56. The second-order valence-corrected chi connectivity index (χ2v) is 8.82. The molecule has 0 unspecified atom stereocenters. The number of nitrogens with zero attached hydrogens (tertiary/aromatic N) is 3. The standard InChI is InChI=1S/C27H26N4OS/c1-17-10-4-5-12-22(17)30-18(2)16-20(19(30)3)26-25(21-11-8-9-15-28-21)29-27(33)31(26)23-13-6-7-14-24(23)32/h4-16,25-26,32H,1-3H3,(H,29,33)/t25-,26-/m1/s1. The number of nitrogens with one attached hydrogen (secondary N) is 1. The Hall–Kier alpha value is -3.64. The Morgan fingerprint density at radius 3 is 2.30 bits per heavy atom. The van der Waals surface area contributed by atoms with E-state index in [9.17, 15) is 5.11 Å². The van der Waals surface area contributed by atoms with Gasteiger partial charge in [-0.05, 0) is 80.5 Å². The molecule has 2 N–H and O–H groups in total. The molecular weight excluding hydrogens is 428 g/mol. The van der Waals surface area contributed by atoms with Crippen molar-refractivity contribution in [2.45, 2.75) is 32.9 Å². The first-order chi connectivity index (χ1) is 16.0. The summed E-state index contributed by atoms with van der Waals surface area (Å²) in [5, 5.41) is 14.7. The fraction of sp³-hybridized carbons (Fsp3) is 0.185. The zero-order valence-corrected chi connectivity index (χ0v) is 19.7. The molecule has 0 aliphatic carbocycles. The molecule has 0 radical (unpaired) electrons. The lowest BCUT2D eigenvalue weighted by Gasteiger charge is -2.28. The summed E-state index contributed by atoms with van der Waals surface area (Å²) in [7, 11) is 0. The maximum absolute atomic E-state index is 10.7. The number of benzene rings is 2. The van der Waals surface area contributed by atoms with Crippen LogP contribution in [0, 0.1) is 20.8 Å². The van der Waals surface area contributed by atoms with Gasteiger partial charge < -0.3 is 19.9 Å². The number of aromatic hydroxyl groups is 1. The van der Waals surface area contributed by atoms with Gasteiger partial charge >= 0.3 is 0 Å². The van der Waals surface area contributed by atoms with Gasteiger partial charge in [-0.1, -0.05) is 36.4 Å². The molecule has 1 aliphatic rings. The minimum absolute atomic E-state index is 0.163. The van der Waals surface area contributed by atoms with Crippen molar-refractivity contribution in [1.82, 2.24) is 14.9 Å². The predicted molar refractivity (Wildman–Crippen MR) is 136 cm³/mol. The normalized spacial score (nSPS) is 17.9. The molecule has 6 heteroatoms. The number of aryl methyl sites for hydroxylation is 2. The predicted octanol–water partition coefficient (Wildman–Crippen LogP) is 5.68. The van der Waals surface area contributed by atoms with Gasteiger partial charge in [-0.3, -0.25) is 4.98 Å². The van der Waals surface area contributed by atoms with E-state index in [0.29, 0.717) is 10.8 Å². The molecule has 3 heterocycles. The summed E-state index contributed by atoms with van der Waals surface area (Å²) in [6.07, 6.45) is 1.80. The average molecular weight is 455 g/mol. The Morgan fingerprint density at radius 1 is 0.909 bits per heavy atom. The molecule has 1 fully saturated rings. The lowest BCUT2D eigenvalue weighted by Crippen LogP contribution is -2.29. The van der Waals surface area contributed by atoms with E-state index in [2.05, 4.69) is 66.0 Å². The molecule has 4 aromatic rings. The number of rotatable bonds is 4. The van der Waals surface area contributed by atoms with Gasteiger partial charge in [0, 0.05) is 23.3 Å². The SMILES string of the molecule is Cc1ccccc1-n1c(C)cc([C@@H]2[C@@H](c3ccccn3)NC(=S)N2c2ccccc2O)c1C. The van der Waals surface area contributed by atoms with Crippen molar-refractivity contribution in [2.24, 2.45) is 0 Å². The van der Waals surface area contributed by atoms with E-state index in [-0.39, 0.29) is 17.8 Å². The van der Waals surface area contributed by atoms with Crippen LogP contribution in [-0.2, 0) is 0 Å². The summed E-state index contributed by atoms with van der Waals surface area (Å²) >= 11 is 5.80. The molecule has 0 spiro atoms. The van der Waals surface area contributed by atoms with Gasteiger partial charge in [0.15, 0.2) is 5.11 Å². The zero-order valence-electron chi connectivity index (χ0n) is 18.9. The molecule has 0 saturated carbocycles. The van der Waals surface area contributed by atoms with Crippen LogP contribution in [0.15, 0.2) is 79.0 Å². The van der Waals surface area contributed by atoms with Gasteiger partial charge in [0.1, 0.15) is 5.75 Å². The van der Waals surface area contributed by atoms with Crippen LogP contribution in [0.3, 0.4) is 0 Å². The van der Waals surface area contributed by atoms with Crippen LogP contribution in [0.5, 0.6) is 5.75 Å². The highest BCUT2D eigenvalue weighted by molar-refractivity contribution is 7.80. The Bertz CT molecular complexity index is 1330. The topological polar surface area (TPSA) is 53.3 Å². The molecule has 2 aromatic carbocycles. The number of phenols is 1. The maximum Gasteiger partial charge on any atom is 0.174 e. The van der Waals surface area contributed by atoms with Crippen LogP contribution in [0.4, 0.5) is 5.69 Å². The first kappa shape index (κ1) is 21.2. The quantitative estimate of drug-likeness (QED) is 0.389. The van der Waals surface area contributed by atoms with Crippen LogP contribution < -0.4 is 10.2 Å². The van der Waals surface area contributed by atoms with Gasteiger partial charge in [-0.2, -0.15) is 0 Å². The summed E-state index contributed by atoms with van der Waals surface area (Å²) in [4.78, 5) is 6.66. The molecule has 1 aliphatic heterocycles. The molecule has 5 rings (SSSR count). The van der Waals surface area contributed by atoms with Crippen molar-refractivity contribution >= 4 is 23.0 Å². The van der Waals surface area contributed by atoms with E-state index in [1.54, 1.807) is 12.3 Å². The average Bonchev–Trinajstić information content (AvgIpc) is 3.30. The number of pyridine rings is 1. The molecule has 33 heavy (non-hydrogen) atoms. The van der Waals surface area contributed by atoms with Crippen molar-refractivity contribution in [1.29, 1.82) is 0 Å². The van der Waals surface area contributed by atoms with Crippen LogP contribution in [0.25, 0.3) is 5.69 Å². The third-order valence-electron chi connectivity index (χ3n) is 6.38. The number of anilines is 1. The maximum atomic E-state index is 10.7. The highest BCUT2D eigenvalue weighted by atomic mass is 32.1. The third-order valence-corrected chi connectivity index (χ3v) is 6.70. The molecule has 2 aromatic heterocycles. The minimum Gasteiger partial charge on any atom is -0.506 e. The first-order valence-electron chi connectivity index (χ1n) is 11.0. The molecule has 0 amide bonds. The number of hydrogen-bond acceptors (Lipinski definition) is 3.